The maximum Gasteiger partial charge on any atom is 0.332 e. The Hall–Kier alpha value is -3.62. The third kappa shape index (κ3) is 4.97. The van der Waals surface area contributed by atoms with Crippen LogP contribution < -0.4 is 5.32 Å². The Kier molecular flexibility index (Phi) is 6.05. The van der Waals surface area contributed by atoms with Crippen LogP contribution in [0.4, 0.5) is 10.1 Å². The molecule has 0 bridgehead atoms. The van der Waals surface area contributed by atoms with Gasteiger partial charge in [-0.3, -0.25) is 4.79 Å². The van der Waals surface area contributed by atoms with Crippen molar-refractivity contribution >= 4 is 17.6 Å². The molecule has 0 saturated carbocycles. The maximum atomic E-state index is 13.0. The highest BCUT2D eigenvalue weighted by molar-refractivity contribution is 5.95. The van der Waals surface area contributed by atoms with E-state index >= 15 is 0 Å². The summed E-state index contributed by atoms with van der Waals surface area (Å²) >= 11 is 0. The van der Waals surface area contributed by atoms with Gasteiger partial charge in [-0.2, -0.15) is 0 Å². The lowest BCUT2D eigenvalue weighted by Crippen LogP contribution is -2.34. The number of amides is 1. The summed E-state index contributed by atoms with van der Waals surface area (Å²) in [5.41, 5.74) is 1.29. The summed E-state index contributed by atoms with van der Waals surface area (Å²) < 4.78 is 19.6. The predicted molar refractivity (Wildman–Crippen MR) is 97.6 cm³/mol. The van der Waals surface area contributed by atoms with E-state index in [1.165, 1.54) is 42.2 Å². The number of carbonyl (C=O) groups excluding carboxylic acids is 2. The minimum absolute atomic E-state index is 0.303. The fourth-order valence-electron chi connectivity index (χ4n) is 2.52. The number of hydrogen-bond acceptors (Lipinski definition) is 6. The summed E-state index contributed by atoms with van der Waals surface area (Å²) in [7, 11) is 0. The molecule has 3 aromatic rings. The van der Waals surface area contributed by atoms with Gasteiger partial charge in [0.05, 0.1) is 0 Å². The smallest absolute Gasteiger partial charge is 0.332 e. The number of tetrazole rings is 1. The first kappa shape index (κ1) is 19.2. The molecule has 1 aromatic heterocycles. The second-order valence-electron chi connectivity index (χ2n) is 6.07. The van der Waals surface area contributed by atoms with E-state index in [2.05, 4.69) is 20.8 Å². The van der Waals surface area contributed by atoms with E-state index in [0.717, 1.165) is 5.56 Å². The first-order chi connectivity index (χ1) is 13.5. The first-order valence-electron chi connectivity index (χ1n) is 8.56. The molecule has 1 N–H and O–H groups in total. The highest BCUT2D eigenvalue weighted by atomic mass is 19.1. The summed E-state index contributed by atoms with van der Waals surface area (Å²) in [5.74, 6) is -1.59. The zero-order valence-electron chi connectivity index (χ0n) is 15.0. The van der Waals surface area contributed by atoms with Gasteiger partial charge in [-0.05, 0) is 47.2 Å². The molecule has 0 fully saturated rings. The van der Waals surface area contributed by atoms with Crippen LogP contribution >= 0.6 is 0 Å². The second kappa shape index (κ2) is 8.85. The average molecular weight is 383 g/mol. The number of aromatic nitrogens is 4. The summed E-state index contributed by atoms with van der Waals surface area (Å²) in [6, 6.07) is 13.8. The molecule has 3 rings (SSSR count). The molecule has 0 aliphatic heterocycles. The van der Waals surface area contributed by atoms with Crippen LogP contribution in [0, 0.1) is 5.82 Å². The van der Waals surface area contributed by atoms with Crippen molar-refractivity contribution in [3.63, 3.8) is 0 Å². The molecule has 9 heteroatoms. The van der Waals surface area contributed by atoms with Gasteiger partial charge in [0.1, 0.15) is 12.1 Å². The minimum Gasteiger partial charge on any atom is -0.451 e. The van der Waals surface area contributed by atoms with E-state index in [9.17, 15) is 14.0 Å². The van der Waals surface area contributed by atoms with E-state index in [1.807, 2.05) is 30.3 Å². The fourth-order valence-corrected chi connectivity index (χ4v) is 2.52. The van der Waals surface area contributed by atoms with Crippen molar-refractivity contribution in [2.24, 2.45) is 0 Å². The Balaban J connectivity index is 1.66. The van der Waals surface area contributed by atoms with E-state index in [0.29, 0.717) is 12.1 Å². The molecule has 1 amide bonds. The Morgan fingerprint density at radius 2 is 1.86 bits per heavy atom. The molecule has 2 aromatic carbocycles. The first-order valence-corrected chi connectivity index (χ1v) is 8.56. The number of ether oxygens (including phenoxy) is 1. The van der Waals surface area contributed by atoms with Crippen LogP contribution in [0.25, 0.3) is 0 Å². The van der Waals surface area contributed by atoms with Gasteiger partial charge >= 0.3 is 5.97 Å². The summed E-state index contributed by atoms with van der Waals surface area (Å²) in [6.45, 7) is 1.45. The van der Waals surface area contributed by atoms with E-state index in [4.69, 9.17) is 4.74 Å². The van der Waals surface area contributed by atoms with Crippen molar-refractivity contribution in [3.8, 4) is 0 Å². The van der Waals surface area contributed by atoms with Crippen LogP contribution in [0.3, 0.4) is 0 Å². The van der Waals surface area contributed by atoms with Crippen LogP contribution in [-0.4, -0.2) is 38.2 Å². The monoisotopic (exact) mass is 383 g/mol. The van der Waals surface area contributed by atoms with Gasteiger partial charge in [0.15, 0.2) is 12.1 Å². The molecule has 8 nitrogen and oxygen atoms in total. The molecule has 2 atom stereocenters. The van der Waals surface area contributed by atoms with Crippen molar-refractivity contribution in [2.75, 3.05) is 5.32 Å². The van der Waals surface area contributed by atoms with Crippen molar-refractivity contribution in [1.82, 2.24) is 20.2 Å². The number of anilines is 1. The molecular formula is C19H18FN5O3. The number of nitrogens with zero attached hydrogens (tertiary/aromatic N) is 4. The van der Waals surface area contributed by atoms with Crippen molar-refractivity contribution in [2.45, 2.75) is 25.5 Å². The molecule has 0 radical (unpaired) electrons. The molecule has 0 aliphatic rings. The zero-order valence-corrected chi connectivity index (χ0v) is 15.0. The Morgan fingerprint density at radius 1 is 1.14 bits per heavy atom. The van der Waals surface area contributed by atoms with Gasteiger partial charge in [-0.1, -0.05) is 30.3 Å². The molecule has 144 valence electrons. The zero-order chi connectivity index (χ0) is 19.9. The molecule has 0 spiro atoms. The lowest BCUT2D eigenvalue weighted by Gasteiger charge is -2.19. The van der Waals surface area contributed by atoms with Crippen LogP contribution in [0.2, 0.25) is 0 Å². The van der Waals surface area contributed by atoms with Crippen molar-refractivity contribution in [1.29, 1.82) is 0 Å². The molecule has 28 heavy (non-hydrogen) atoms. The number of halogens is 1. The van der Waals surface area contributed by atoms with Gasteiger partial charge in [0, 0.05) is 12.1 Å². The summed E-state index contributed by atoms with van der Waals surface area (Å²) in [6.07, 6.45) is 0.557. The summed E-state index contributed by atoms with van der Waals surface area (Å²) in [5, 5.41) is 13.5. The summed E-state index contributed by atoms with van der Waals surface area (Å²) in [4.78, 5) is 25.0. The third-order valence-electron chi connectivity index (χ3n) is 4.00. The molecule has 0 aliphatic carbocycles. The lowest BCUT2D eigenvalue weighted by molar-refractivity contribution is -0.156. The van der Waals surface area contributed by atoms with Crippen molar-refractivity contribution < 1.29 is 18.7 Å². The Morgan fingerprint density at radius 3 is 2.50 bits per heavy atom. The maximum absolute atomic E-state index is 13.0. The van der Waals surface area contributed by atoms with E-state index in [1.54, 1.807) is 0 Å². The number of nitrogens with one attached hydrogen (secondary N) is 1. The van der Waals surface area contributed by atoms with Gasteiger partial charge in [-0.15, -0.1) is 5.10 Å². The Bertz CT molecular complexity index is 917. The topological polar surface area (TPSA) is 99.0 Å². The molecule has 1 heterocycles. The van der Waals surface area contributed by atoms with E-state index < -0.39 is 29.8 Å². The molecule has 0 saturated heterocycles. The average Bonchev–Trinajstić information content (AvgIpc) is 3.23. The standard InChI is InChI=1S/C19H18FN5O3/c1-13(18(26)22-16-9-7-15(20)8-10-16)28-19(27)17(25-12-21-23-24-25)11-14-5-3-2-4-6-14/h2-10,12-13,17H,11H2,1H3,(H,22,26)/t13-,17+/m0/s1. The van der Waals surface area contributed by atoms with Crippen LogP contribution in [0.15, 0.2) is 60.9 Å². The number of rotatable bonds is 7. The second-order valence-corrected chi connectivity index (χ2v) is 6.07. The highest BCUT2D eigenvalue weighted by Crippen LogP contribution is 2.16. The SMILES string of the molecule is C[C@H](OC(=O)[C@@H](Cc1ccccc1)n1cnnn1)C(=O)Nc1ccc(F)cc1. The number of benzene rings is 2. The molecular weight excluding hydrogens is 365 g/mol. The normalized spacial score (nSPS) is 12.8. The third-order valence-corrected chi connectivity index (χ3v) is 4.00. The minimum atomic E-state index is -1.06. The quantitative estimate of drug-likeness (QED) is 0.628. The number of carbonyl (C=O) groups is 2. The number of hydrogen-bond donors (Lipinski definition) is 1. The van der Waals surface area contributed by atoms with E-state index in [-0.39, 0.29) is 0 Å². The molecule has 0 unspecified atom stereocenters. The Labute approximate surface area is 160 Å². The fraction of sp³-hybridized carbons (Fsp3) is 0.211. The highest BCUT2D eigenvalue weighted by Gasteiger charge is 2.27. The van der Waals surface area contributed by atoms with Crippen LogP contribution in [0.5, 0.6) is 0 Å². The van der Waals surface area contributed by atoms with Crippen molar-refractivity contribution in [3.05, 3.63) is 72.3 Å². The van der Waals surface area contributed by atoms with Gasteiger partial charge in [0.25, 0.3) is 5.91 Å². The number of esters is 1. The van der Waals surface area contributed by atoms with Gasteiger partial charge in [0.2, 0.25) is 0 Å². The van der Waals surface area contributed by atoms with Gasteiger partial charge in [-0.25, -0.2) is 13.9 Å². The van der Waals surface area contributed by atoms with Crippen LogP contribution in [0.1, 0.15) is 18.5 Å². The van der Waals surface area contributed by atoms with Crippen LogP contribution in [-0.2, 0) is 20.7 Å². The van der Waals surface area contributed by atoms with Gasteiger partial charge < -0.3 is 10.1 Å². The lowest BCUT2D eigenvalue weighted by atomic mass is 10.1. The predicted octanol–water partition coefficient (Wildman–Crippen LogP) is 2.17. The largest absolute Gasteiger partial charge is 0.451 e.